The van der Waals surface area contributed by atoms with E-state index in [2.05, 4.69) is 11.7 Å². The van der Waals surface area contributed by atoms with Crippen LogP contribution in [0.3, 0.4) is 0 Å². The third-order valence-corrected chi connectivity index (χ3v) is 5.46. The number of rotatable bonds is 9. The van der Waals surface area contributed by atoms with Crippen molar-refractivity contribution in [3.63, 3.8) is 0 Å². The van der Waals surface area contributed by atoms with Crippen molar-refractivity contribution in [2.45, 2.75) is 26.9 Å². The molecule has 0 saturated carbocycles. The minimum absolute atomic E-state index is 0.191. The molecule has 6 heteroatoms. The molecule has 0 radical (unpaired) electrons. The van der Waals surface area contributed by atoms with E-state index < -0.39 is 0 Å². The topological polar surface area (TPSA) is 51.1 Å². The Morgan fingerprint density at radius 2 is 1.86 bits per heavy atom. The lowest BCUT2D eigenvalue weighted by Gasteiger charge is -2.17. The van der Waals surface area contributed by atoms with Gasteiger partial charge >= 0.3 is 0 Å². The second-order valence-electron chi connectivity index (χ2n) is 8.05. The van der Waals surface area contributed by atoms with Crippen molar-refractivity contribution < 1.29 is 18.7 Å². The number of halogens is 1. The number of anilines is 1. The highest BCUT2D eigenvalue weighted by Crippen LogP contribution is 2.36. The van der Waals surface area contributed by atoms with Crippen molar-refractivity contribution in [3.8, 4) is 11.5 Å². The first-order valence-corrected chi connectivity index (χ1v) is 11.4. The monoisotopic (exact) mass is 470 g/mol. The number of nitrogens with zero attached hydrogens (tertiary/aromatic N) is 2. The van der Waals surface area contributed by atoms with Crippen molar-refractivity contribution in [1.82, 2.24) is 0 Å². The molecule has 35 heavy (non-hydrogen) atoms. The molecule has 1 aliphatic heterocycles. The molecule has 0 fully saturated rings. The summed E-state index contributed by atoms with van der Waals surface area (Å²) in [6, 6.07) is 19.4. The summed E-state index contributed by atoms with van der Waals surface area (Å²) < 4.78 is 25.6. The molecule has 0 spiro atoms. The predicted octanol–water partition coefficient (Wildman–Crippen LogP) is 6.34. The van der Waals surface area contributed by atoms with Gasteiger partial charge in [-0.2, -0.15) is 10.1 Å². The van der Waals surface area contributed by atoms with Crippen LogP contribution in [0.2, 0.25) is 0 Å². The Kier molecular flexibility index (Phi) is 7.41. The van der Waals surface area contributed by atoms with Gasteiger partial charge < -0.3 is 9.47 Å². The molecule has 5 nitrogen and oxygen atoms in total. The number of benzene rings is 3. The lowest BCUT2D eigenvalue weighted by molar-refractivity contribution is -0.114. The second kappa shape index (κ2) is 10.8. The van der Waals surface area contributed by atoms with Crippen molar-refractivity contribution in [2.24, 2.45) is 5.10 Å². The Hall–Kier alpha value is -4.19. The van der Waals surface area contributed by atoms with Crippen molar-refractivity contribution in [3.05, 3.63) is 107 Å². The fraction of sp³-hybridized carbons (Fsp3) is 0.172. The van der Waals surface area contributed by atoms with Crippen LogP contribution in [0.4, 0.5) is 10.1 Å². The van der Waals surface area contributed by atoms with Crippen LogP contribution in [-0.4, -0.2) is 18.2 Å². The maximum atomic E-state index is 13.6. The van der Waals surface area contributed by atoms with Gasteiger partial charge in [0.1, 0.15) is 12.4 Å². The molecule has 0 aliphatic carbocycles. The van der Waals surface area contributed by atoms with E-state index in [1.54, 1.807) is 12.1 Å². The van der Waals surface area contributed by atoms with E-state index in [0.717, 1.165) is 11.1 Å². The number of carbonyl (C=O) groups excluding carboxylic acids is 1. The van der Waals surface area contributed by atoms with Crippen molar-refractivity contribution in [1.29, 1.82) is 0 Å². The standard InChI is InChI=1S/C29H27FN2O3/c1-4-10-23-15-22(17-26-20(3)31-32(29(26)33)25-13-7-6-8-14-25)18-27(34-5-2)28(23)35-19-21-11-9-12-24(30)16-21/h4,6-9,11-18H,1,5,10,19H2,2-3H3/b26-17+. The van der Waals surface area contributed by atoms with Gasteiger partial charge in [-0.3, -0.25) is 4.79 Å². The van der Waals surface area contributed by atoms with Crippen LogP contribution in [0.1, 0.15) is 30.5 Å². The lowest BCUT2D eigenvalue weighted by atomic mass is 10.0. The number of amides is 1. The van der Waals surface area contributed by atoms with E-state index >= 15 is 0 Å². The highest BCUT2D eigenvalue weighted by Gasteiger charge is 2.28. The van der Waals surface area contributed by atoms with Gasteiger partial charge in [0.25, 0.3) is 5.91 Å². The summed E-state index contributed by atoms with van der Waals surface area (Å²) in [5, 5.41) is 5.86. The van der Waals surface area contributed by atoms with E-state index in [-0.39, 0.29) is 18.3 Å². The zero-order valence-electron chi connectivity index (χ0n) is 19.8. The first kappa shape index (κ1) is 24.0. The predicted molar refractivity (Wildman–Crippen MR) is 137 cm³/mol. The Morgan fingerprint density at radius 1 is 1.06 bits per heavy atom. The third-order valence-electron chi connectivity index (χ3n) is 5.46. The van der Waals surface area contributed by atoms with Gasteiger partial charge in [0, 0.05) is 5.56 Å². The van der Waals surface area contributed by atoms with E-state index in [4.69, 9.17) is 9.47 Å². The number of hydrazone groups is 1. The van der Waals surface area contributed by atoms with E-state index in [9.17, 15) is 9.18 Å². The van der Waals surface area contributed by atoms with Crippen LogP contribution in [0.15, 0.2) is 90.1 Å². The van der Waals surface area contributed by atoms with Gasteiger partial charge in [-0.15, -0.1) is 6.58 Å². The summed E-state index contributed by atoms with van der Waals surface area (Å²) in [4.78, 5) is 13.1. The third kappa shape index (κ3) is 5.49. The van der Waals surface area contributed by atoms with E-state index in [1.165, 1.54) is 17.1 Å². The molecule has 3 aromatic carbocycles. The number of carbonyl (C=O) groups is 1. The molecule has 4 rings (SSSR count). The summed E-state index contributed by atoms with van der Waals surface area (Å²) in [6.07, 6.45) is 4.13. The Bertz CT molecular complexity index is 1300. The number of hydrogen-bond acceptors (Lipinski definition) is 4. The molecule has 0 unspecified atom stereocenters. The molecular weight excluding hydrogens is 443 g/mol. The summed E-state index contributed by atoms with van der Waals surface area (Å²) in [6.45, 7) is 8.20. The highest BCUT2D eigenvalue weighted by molar-refractivity contribution is 6.32. The molecule has 0 aromatic heterocycles. The molecule has 1 aliphatic rings. The van der Waals surface area contributed by atoms with Crippen LogP contribution in [0.5, 0.6) is 11.5 Å². The Balaban J connectivity index is 1.68. The van der Waals surface area contributed by atoms with Gasteiger partial charge in [0.05, 0.1) is 23.6 Å². The number of ether oxygens (including phenoxy) is 2. The Labute approximate surface area is 204 Å². The SMILES string of the molecule is C=CCc1cc(/C=C2/C(=O)N(c3ccccc3)N=C2C)cc(OCC)c1OCc1cccc(F)c1. The summed E-state index contributed by atoms with van der Waals surface area (Å²) in [5.41, 5.74) is 4.21. The number of allylic oxidation sites excluding steroid dienone is 1. The highest BCUT2D eigenvalue weighted by atomic mass is 19.1. The summed E-state index contributed by atoms with van der Waals surface area (Å²) in [7, 11) is 0. The maximum Gasteiger partial charge on any atom is 0.280 e. The van der Waals surface area contributed by atoms with Crippen LogP contribution < -0.4 is 14.5 Å². The molecule has 0 N–H and O–H groups in total. The van der Waals surface area contributed by atoms with Gasteiger partial charge in [-0.25, -0.2) is 4.39 Å². The number of para-hydroxylation sites is 1. The van der Waals surface area contributed by atoms with Crippen molar-refractivity contribution >= 4 is 23.4 Å². The Morgan fingerprint density at radius 3 is 2.57 bits per heavy atom. The fourth-order valence-electron chi connectivity index (χ4n) is 3.88. The molecule has 0 bridgehead atoms. The average molecular weight is 471 g/mol. The normalized spacial score (nSPS) is 14.3. The first-order valence-electron chi connectivity index (χ1n) is 11.4. The summed E-state index contributed by atoms with van der Waals surface area (Å²) in [5.74, 6) is 0.623. The fourth-order valence-corrected chi connectivity index (χ4v) is 3.88. The zero-order valence-corrected chi connectivity index (χ0v) is 19.8. The molecule has 1 heterocycles. The maximum absolute atomic E-state index is 13.6. The smallest absolute Gasteiger partial charge is 0.280 e. The largest absolute Gasteiger partial charge is 0.490 e. The van der Waals surface area contributed by atoms with Crippen molar-refractivity contribution in [2.75, 3.05) is 11.6 Å². The molecule has 0 saturated heterocycles. The quantitative estimate of drug-likeness (QED) is 0.271. The molecule has 1 amide bonds. The van der Waals surface area contributed by atoms with Gasteiger partial charge in [-0.1, -0.05) is 36.4 Å². The number of hydrogen-bond donors (Lipinski definition) is 0. The van der Waals surface area contributed by atoms with E-state index in [1.807, 2.05) is 68.5 Å². The summed E-state index contributed by atoms with van der Waals surface area (Å²) >= 11 is 0. The average Bonchev–Trinajstić information content (AvgIpc) is 3.13. The van der Waals surface area contributed by atoms with Crippen LogP contribution in [0.25, 0.3) is 6.08 Å². The molecule has 3 aromatic rings. The molecule has 178 valence electrons. The van der Waals surface area contributed by atoms with Crippen LogP contribution >= 0.6 is 0 Å². The van der Waals surface area contributed by atoms with Gasteiger partial charge in [0.15, 0.2) is 11.5 Å². The minimum atomic E-state index is -0.313. The van der Waals surface area contributed by atoms with Crippen LogP contribution in [-0.2, 0) is 17.8 Å². The minimum Gasteiger partial charge on any atom is -0.490 e. The first-order chi connectivity index (χ1) is 17.0. The molecule has 0 atom stereocenters. The van der Waals surface area contributed by atoms with Crippen LogP contribution in [0, 0.1) is 5.82 Å². The van der Waals surface area contributed by atoms with E-state index in [0.29, 0.717) is 47.1 Å². The zero-order chi connectivity index (χ0) is 24.8. The lowest BCUT2D eigenvalue weighted by Crippen LogP contribution is -2.21. The van der Waals surface area contributed by atoms with Gasteiger partial charge in [0.2, 0.25) is 0 Å². The second-order valence-corrected chi connectivity index (χ2v) is 8.05. The van der Waals surface area contributed by atoms with Gasteiger partial charge in [-0.05, 0) is 73.9 Å². The molecular formula is C29H27FN2O3.